The molecule has 1 aliphatic rings. The molecule has 0 aliphatic heterocycles. The van der Waals surface area contributed by atoms with Gasteiger partial charge in [-0.05, 0) is 43.9 Å². The summed E-state index contributed by atoms with van der Waals surface area (Å²) in [6.45, 7) is 1.82. The third-order valence-electron chi connectivity index (χ3n) is 3.48. The summed E-state index contributed by atoms with van der Waals surface area (Å²) in [7, 11) is -3.72. The fraction of sp³-hybridized carbons (Fsp3) is 0.462. The molecule has 0 heterocycles. The monoisotopic (exact) mass is 317 g/mol. The van der Waals surface area contributed by atoms with Crippen molar-refractivity contribution in [3.05, 3.63) is 28.8 Å². The van der Waals surface area contributed by atoms with Crippen LogP contribution >= 0.6 is 11.6 Å². The van der Waals surface area contributed by atoms with Gasteiger partial charge in [-0.3, -0.25) is 4.79 Å². The minimum absolute atomic E-state index is 0.0311. The van der Waals surface area contributed by atoms with Gasteiger partial charge in [-0.2, -0.15) is 0 Å². The van der Waals surface area contributed by atoms with E-state index in [1.807, 2.05) is 6.92 Å². The van der Waals surface area contributed by atoms with E-state index in [1.54, 1.807) is 12.1 Å². The van der Waals surface area contributed by atoms with Gasteiger partial charge in [0.1, 0.15) is 4.90 Å². The predicted octanol–water partition coefficient (Wildman–Crippen LogP) is 2.18. The largest absolute Gasteiger partial charge is 0.481 e. The molecule has 2 atom stereocenters. The molecule has 5 nitrogen and oxygen atoms in total. The molecule has 0 radical (unpaired) electrons. The summed E-state index contributed by atoms with van der Waals surface area (Å²) in [5.41, 5.74) is 0.876. The average Bonchev–Trinajstić information content (AvgIpc) is 2.76. The lowest BCUT2D eigenvalue weighted by Gasteiger charge is -2.14. The van der Waals surface area contributed by atoms with Crippen LogP contribution in [0.1, 0.15) is 24.8 Å². The van der Waals surface area contributed by atoms with Gasteiger partial charge in [-0.25, -0.2) is 13.1 Å². The zero-order valence-corrected chi connectivity index (χ0v) is 12.5. The molecule has 2 N–H and O–H groups in total. The first-order chi connectivity index (χ1) is 9.29. The molecule has 2 rings (SSSR count). The molecule has 1 fully saturated rings. The van der Waals surface area contributed by atoms with Crippen molar-refractivity contribution in [1.29, 1.82) is 0 Å². The number of carboxylic acid groups (broad SMARTS) is 1. The van der Waals surface area contributed by atoms with Gasteiger partial charge in [0.05, 0.1) is 10.9 Å². The van der Waals surface area contributed by atoms with Gasteiger partial charge in [0.2, 0.25) is 10.0 Å². The lowest BCUT2D eigenvalue weighted by atomic mass is 10.1. The Morgan fingerprint density at radius 2 is 2.10 bits per heavy atom. The second kappa shape index (κ2) is 5.71. The van der Waals surface area contributed by atoms with Crippen LogP contribution in [-0.2, 0) is 14.8 Å². The van der Waals surface area contributed by atoms with Crippen LogP contribution in [-0.4, -0.2) is 25.5 Å². The van der Waals surface area contributed by atoms with Crippen molar-refractivity contribution < 1.29 is 18.3 Å². The van der Waals surface area contributed by atoms with E-state index in [-0.39, 0.29) is 16.0 Å². The zero-order valence-electron chi connectivity index (χ0n) is 11.0. The van der Waals surface area contributed by atoms with Crippen LogP contribution in [0.25, 0.3) is 0 Å². The van der Waals surface area contributed by atoms with Crippen molar-refractivity contribution in [2.24, 2.45) is 5.92 Å². The van der Waals surface area contributed by atoms with Crippen molar-refractivity contribution in [3.63, 3.8) is 0 Å². The molecular weight excluding hydrogens is 302 g/mol. The van der Waals surface area contributed by atoms with E-state index in [9.17, 15) is 13.2 Å². The Morgan fingerprint density at radius 3 is 2.65 bits per heavy atom. The number of halogens is 1. The third-order valence-corrected chi connectivity index (χ3v) is 5.48. The molecule has 0 aromatic heterocycles. The van der Waals surface area contributed by atoms with Gasteiger partial charge in [0.25, 0.3) is 0 Å². The molecule has 1 aromatic carbocycles. The summed E-state index contributed by atoms with van der Waals surface area (Å²) in [5, 5.41) is 9.09. The quantitative estimate of drug-likeness (QED) is 0.891. The number of sulfonamides is 1. The first kappa shape index (κ1) is 15.3. The van der Waals surface area contributed by atoms with Crippen LogP contribution in [0.3, 0.4) is 0 Å². The predicted molar refractivity (Wildman–Crippen MR) is 75.3 cm³/mol. The molecule has 0 spiro atoms. The first-order valence-corrected chi connectivity index (χ1v) is 8.17. The summed E-state index contributed by atoms with van der Waals surface area (Å²) in [5.74, 6) is -1.35. The van der Waals surface area contributed by atoms with Gasteiger partial charge in [0.15, 0.2) is 0 Å². The van der Waals surface area contributed by atoms with Crippen molar-refractivity contribution >= 4 is 27.6 Å². The van der Waals surface area contributed by atoms with Gasteiger partial charge in [-0.1, -0.05) is 17.7 Å². The van der Waals surface area contributed by atoms with Crippen LogP contribution in [0.15, 0.2) is 23.1 Å². The Hall–Kier alpha value is -1.11. The van der Waals surface area contributed by atoms with E-state index in [2.05, 4.69) is 4.72 Å². The zero-order chi connectivity index (χ0) is 14.9. The van der Waals surface area contributed by atoms with Crippen LogP contribution in [0.5, 0.6) is 0 Å². The van der Waals surface area contributed by atoms with E-state index in [0.29, 0.717) is 19.3 Å². The molecule has 0 saturated heterocycles. The smallest absolute Gasteiger partial charge is 0.306 e. The maximum absolute atomic E-state index is 12.3. The van der Waals surface area contributed by atoms with Gasteiger partial charge >= 0.3 is 5.97 Å². The lowest BCUT2D eigenvalue weighted by molar-refractivity contribution is -0.141. The summed E-state index contributed by atoms with van der Waals surface area (Å²) in [6, 6.07) is 4.38. The SMILES string of the molecule is Cc1ccc(S(=O)(=O)NC2CCC(C(=O)O)C2)c(Cl)c1. The van der Waals surface area contributed by atoms with Gasteiger partial charge in [0, 0.05) is 6.04 Å². The van der Waals surface area contributed by atoms with Crippen molar-refractivity contribution in [3.8, 4) is 0 Å². The Balaban J connectivity index is 2.14. The summed E-state index contributed by atoms with van der Waals surface area (Å²) >= 11 is 5.97. The number of rotatable bonds is 4. The number of nitrogens with one attached hydrogen (secondary N) is 1. The molecule has 2 unspecified atom stereocenters. The van der Waals surface area contributed by atoms with E-state index in [1.165, 1.54) is 6.07 Å². The summed E-state index contributed by atoms with van der Waals surface area (Å²) in [4.78, 5) is 10.9. The minimum atomic E-state index is -3.72. The van der Waals surface area contributed by atoms with Crippen LogP contribution in [0.2, 0.25) is 5.02 Å². The van der Waals surface area contributed by atoms with Crippen LogP contribution in [0, 0.1) is 12.8 Å². The third kappa shape index (κ3) is 3.31. The molecule has 1 aromatic rings. The lowest BCUT2D eigenvalue weighted by Crippen LogP contribution is -2.33. The van der Waals surface area contributed by atoms with Crippen molar-refractivity contribution in [1.82, 2.24) is 4.72 Å². The Kier molecular flexibility index (Phi) is 4.36. The topological polar surface area (TPSA) is 83.5 Å². The average molecular weight is 318 g/mol. The highest BCUT2D eigenvalue weighted by atomic mass is 35.5. The van der Waals surface area contributed by atoms with E-state index >= 15 is 0 Å². The molecule has 0 bridgehead atoms. The molecule has 20 heavy (non-hydrogen) atoms. The maximum atomic E-state index is 12.3. The summed E-state index contributed by atoms with van der Waals surface area (Å²) < 4.78 is 27.0. The molecule has 1 aliphatic carbocycles. The Labute approximate surface area is 123 Å². The minimum Gasteiger partial charge on any atom is -0.481 e. The Morgan fingerprint density at radius 1 is 1.40 bits per heavy atom. The number of carboxylic acids is 1. The van der Waals surface area contributed by atoms with Crippen molar-refractivity contribution in [2.45, 2.75) is 37.1 Å². The van der Waals surface area contributed by atoms with E-state index < -0.39 is 21.9 Å². The van der Waals surface area contributed by atoms with E-state index in [0.717, 1.165) is 5.56 Å². The molecule has 0 amide bonds. The molecular formula is C13H16ClNO4S. The molecule has 7 heteroatoms. The van der Waals surface area contributed by atoms with Gasteiger partial charge in [-0.15, -0.1) is 0 Å². The normalized spacial score (nSPS) is 22.9. The highest BCUT2D eigenvalue weighted by Gasteiger charge is 2.32. The standard InChI is InChI=1S/C13H16ClNO4S/c1-8-2-5-12(11(14)6-8)20(18,19)15-10-4-3-9(7-10)13(16)17/h2,5-6,9-10,15H,3-4,7H2,1H3,(H,16,17). The maximum Gasteiger partial charge on any atom is 0.306 e. The number of aryl methyl sites for hydroxylation is 1. The molecule has 110 valence electrons. The summed E-state index contributed by atoms with van der Waals surface area (Å²) in [6.07, 6.45) is 1.34. The van der Waals surface area contributed by atoms with Crippen LogP contribution in [0.4, 0.5) is 0 Å². The highest BCUT2D eigenvalue weighted by Crippen LogP contribution is 2.28. The fourth-order valence-electron chi connectivity index (χ4n) is 2.42. The number of hydrogen-bond donors (Lipinski definition) is 2. The van der Waals surface area contributed by atoms with E-state index in [4.69, 9.17) is 16.7 Å². The van der Waals surface area contributed by atoms with Gasteiger partial charge < -0.3 is 5.11 Å². The number of carbonyl (C=O) groups is 1. The van der Waals surface area contributed by atoms with Crippen molar-refractivity contribution in [2.75, 3.05) is 0 Å². The van der Waals surface area contributed by atoms with Crippen LogP contribution < -0.4 is 4.72 Å². The second-order valence-electron chi connectivity index (χ2n) is 5.10. The second-order valence-corrected chi connectivity index (χ2v) is 7.19. The highest BCUT2D eigenvalue weighted by molar-refractivity contribution is 7.89. The number of benzene rings is 1. The number of aliphatic carboxylic acids is 1. The Bertz CT molecular complexity index is 629. The fourth-order valence-corrected chi connectivity index (χ4v) is 4.30. The number of hydrogen-bond acceptors (Lipinski definition) is 3. The molecule has 1 saturated carbocycles. The first-order valence-electron chi connectivity index (χ1n) is 6.31.